The van der Waals surface area contributed by atoms with Crippen LogP contribution in [0.4, 0.5) is 5.69 Å². The molecule has 0 radical (unpaired) electrons. The van der Waals surface area contributed by atoms with Gasteiger partial charge in [0, 0.05) is 12.1 Å². The summed E-state index contributed by atoms with van der Waals surface area (Å²) in [6.07, 6.45) is 5.71. The number of hydrogen-bond donors (Lipinski definition) is 1. The molecule has 0 unspecified atom stereocenters. The van der Waals surface area contributed by atoms with E-state index in [9.17, 15) is 14.4 Å². The monoisotopic (exact) mass is 456 g/mol. The lowest BCUT2D eigenvalue weighted by molar-refractivity contribution is -0.146. The van der Waals surface area contributed by atoms with Gasteiger partial charge in [-0.25, -0.2) is 0 Å². The molecule has 5 aliphatic rings. The van der Waals surface area contributed by atoms with Crippen molar-refractivity contribution in [2.24, 2.45) is 35.5 Å². The molecule has 2 aromatic carbocycles. The van der Waals surface area contributed by atoms with Crippen molar-refractivity contribution < 1.29 is 19.1 Å². The summed E-state index contributed by atoms with van der Waals surface area (Å²) in [5, 5.41) is 2.93. The fourth-order valence-corrected chi connectivity index (χ4v) is 6.45. The Labute approximate surface area is 199 Å². The molecule has 6 nitrogen and oxygen atoms in total. The summed E-state index contributed by atoms with van der Waals surface area (Å²) in [6.45, 7) is 2.47. The molecular formula is C28H28N2O4. The molecule has 1 N–H and O–H groups in total. The number of ether oxygens (including phenoxy) is 1. The summed E-state index contributed by atoms with van der Waals surface area (Å²) in [4.78, 5) is 42.2. The Morgan fingerprint density at radius 3 is 2.18 bits per heavy atom. The third kappa shape index (κ3) is 3.35. The quantitative estimate of drug-likeness (QED) is 0.509. The maximum Gasteiger partial charge on any atom is 0.248 e. The molecule has 1 saturated heterocycles. The lowest BCUT2D eigenvalue weighted by atomic mass is 9.63. The van der Waals surface area contributed by atoms with Gasteiger partial charge >= 0.3 is 0 Å². The van der Waals surface area contributed by atoms with E-state index >= 15 is 0 Å². The first-order valence-electron chi connectivity index (χ1n) is 12.2. The van der Waals surface area contributed by atoms with Gasteiger partial charge in [-0.2, -0.15) is 0 Å². The number of allylic oxidation sites excluding steroid dienone is 2. The maximum atomic E-state index is 13.7. The molecule has 2 saturated carbocycles. The van der Waals surface area contributed by atoms with E-state index in [2.05, 4.69) is 17.5 Å². The highest BCUT2D eigenvalue weighted by Gasteiger charge is 2.67. The van der Waals surface area contributed by atoms with E-state index in [-0.39, 0.29) is 47.8 Å². The molecule has 2 aromatic rings. The van der Waals surface area contributed by atoms with Gasteiger partial charge in [0.1, 0.15) is 11.8 Å². The first kappa shape index (κ1) is 21.1. The minimum atomic E-state index is -0.893. The van der Waals surface area contributed by atoms with Gasteiger partial charge in [0.05, 0.1) is 18.4 Å². The Kier molecular flexibility index (Phi) is 5.05. The highest BCUT2D eigenvalue weighted by molar-refractivity contribution is 6.10. The van der Waals surface area contributed by atoms with Crippen molar-refractivity contribution in [3.8, 4) is 5.75 Å². The van der Waals surface area contributed by atoms with E-state index in [4.69, 9.17) is 4.74 Å². The van der Waals surface area contributed by atoms with Crippen LogP contribution in [0.1, 0.15) is 18.9 Å². The van der Waals surface area contributed by atoms with E-state index in [0.29, 0.717) is 24.1 Å². The lowest BCUT2D eigenvalue weighted by Gasteiger charge is -2.37. The number of rotatable bonds is 7. The standard InChI is InChI=1S/C28H28N2O4/c1-2-34-18-10-8-17(9-11-18)29-26(31)23(14-16-6-4-3-5-7-16)30-27(32)24-19-12-13-20(22-15-21(19)22)25(24)28(30)33/h3-13,19-25H,2,14-15H2,1H3,(H,29,31)/t19-,20-,21-,22-,23-,24+,25+/m1/s1. The molecule has 6 heteroatoms. The lowest BCUT2D eigenvalue weighted by Crippen LogP contribution is -2.49. The number of likely N-dealkylation sites (tertiary alicyclic amines) is 1. The number of anilines is 1. The number of benzene rings is 2. The summed E-state index contributed by atoms with van der Waals surface area (Å²) in [6, 6.07) is 15.8. The van der Waals surface area contributed by atoms with E-state index in [1.807, 2.05) is 37.3 Å². The van der Waals surface area contributed by atoms with Crippen molar-refractivity contribution in [1.82, 2.24) is 4.90 Å². The van der Waals surface area contributed by atoms with Gasteiger partial charge in [-0.1, -0.05) is 42.5 Å². The van der Waals surface area contributed by atoms with Gasteiger partial charge in [-0.15, -0.1) is 0 Å². The summed E-state index contributed by atoms with van der Waals surface area (Å²) in [7, 11) is 0. The molecule has 34 heavy (non-hydrogen) atoms. The van der Waals surface area contributed by atoms with Gasteiger partial charge in [-0.05, 0) is 66.8 Å². The predicted molar refractivity (Wildman–Crippen MR) is 127 cm³/mol. The molecule has 174 valence electrons. The number of imide groups is 1. The fourth-order valence-electron chi connectivity index (χ4n) is 6.45. The number of hydrogen-bond acceptors (Lipinski definition) is 4. The summed E-state index contributed by atoms with van der Waals surface area (Å²) >= 11 is 0. The highest BCUT2D eigenvalue weighted by atomic mass is 16.5. The van der Waals surface area contributed by atoms with Gasteiger partial charge in [0.15, 0.2) is 0 Å². The minimum absolute atomic E-state index is 0.132. The number of carbonyl (C=O) groups is 3. The Bertz CT molecular complexity index is 1120. The minimum Gasteiger partial charge on any atom is -0.494 e. The van der Waals surface area contributed by atoms with E-state index in [1.54, 1.807) is 24.3 Å². The largest absolute Gasteiger partial charge is 0.494 e. The fraction of sp³-hybridized carbons (Fsp3) is 0.393. The van der Waals surface area contributed by atoms with Crippen molar-refractivity contribution in [3.63, 3.8) is 0 Å². The van der Waals surface area contributed by atoms with Crippen LogP contribution >= 0.6 is 0 Å². The van der Waals surface area contributed by atoms with Gasteiger partial charge < -0.3 is 10.1 Å². The molecule has 7 atom stereocenters. The molecule has 7 rings (SSSR count). The van der Waals surface area contributed by atoms with Crippen molar-refractivity contribution >= 4 is 23.4 Å². The molecule has 0 aromatic heterocycles. The first-order valence-corrected chi connectivity index (χ1v) is 12.2. The van der Waals surface area contributed by atoms with Gasteiger partial charge in [-0.3, -0.25) is 19.3 Å². The number of nitrogens with zero attached hydrogens (tertiary/aromatic N) is 1. The number of carbonyl (C=O) groups excluding carboxylic acids is 3. The second-order valence-corrected chi connectivity index (χ2v) is 9.85. The van der Waals surface area contributed by atoms with Crippen molar-refractivity contribution in [2.75, 3.05) is 11.9 Å². The normalized spacial score (nSPS) is 31.1. The molecule has 1 aliphatic heterocycles. The molecule has 3 fully saturated rings. The van der Waals surface area contributed by atoms with Gasteiger partial charge in [0.2, 0.25) is 17.7 Å². The molecule has 4 aliphatic carbocycles. The van der Waals surface area contributed by atoms with Gasteiger partial charge in [0.25, 0.3) is 0 Å². The summed E-state index contributed by atoms with van der Waals surface area (Å²) in [5.74, 6) is 0.698. The number of nitrogens with one attached hydrogen (secondary N) is 1. The van der Waals surface area contributed by atoms with Crippen LogP contribution in [0.15, 0.2) is 66.7 Å². The van der Waals surface area contributed by atoms with E-state index < -0.39 is 6.04 Å². The average Bonchev–Trinajstić information content (AvgIpc) is 3.63. The van der Waals surface area contributed by atoms with Crippen LogP contribution in [-0.4, -0.2) is 35.3 Å². The van der Waals surface area contributed by atoms with E-state index in [1.165, 1.54) is 4.90 Å². The van der Waals surface area contributed by atoms with Crippen molar-refractivity contribution in [3.05, 3.63) is 72.3 Å². The molecule has 2 bridgehead atoms. The second kappa shape index (κ2) is 8.12. The maximum absolute atomic E-state index is 13.7. The predicted octanol–water partition coefficient (Wildman–Crippen LogP) is 3.69. The van der Waals surface area contributed by atoms with Crippen LogP contribution in [-0.2, 0) is 20.8 Å². The third-order valence-corrected chi connectivity index (χ3v) is 8.02. The van der Waals surface area contributed by atoms with Crippen LogP contribution in [0, 0.1) is 35.5 Å². The second-order valence-electron chi connectivity index (χ2n) is 9.85. The van der Waals surface area contributed by atoms with Crippen LogP contribution in [0.2, 0.25) is 0 Å². The van der Waals surface area contributed by atoms with E-state index in [0.717, 1.165) is 17.7 Å². The summed E-state index contributed by atoms with van der Waals surface area (Å²) < 4.78 is 5.48. The molecule has 3 amide bonds. The van der Waals surface area contributed by atoms with Crippen molar-refractivity contribution in [2.45, 2.75) is 25.8 Å². The average molecular weight is 457 g/mol. The van der Waals surface area contributed by atoms with Crippen LogP contribution in [0.25, 0.3) is 0 Å². The van der Waals surface area contributed by atoms with Crippen LogP contribution in [0.3, 0.4) is 0 Å². The molecular weight excluding hydrogens is 428 g/mol. The molecule has 0 spiro atoms. The summed E-state index contributed by atoms with van der Waals surface area (Å²) in [5.41, 5.74) is 1.51. The Morgan fingerprint density at radius 1 is 0.971 bits per heavy atom. The SMILES string of the molecule is CCOc1ccc(NC(=O)[C@@H](Cc2ccccc2)N2C(=O)[C@H]3[C@@H]4C=C[C@H]([C@H]5C[C@H]45)[C@@H]3C2=O)cc1. The first-order chi connectivity index (χ1) is 16.6. The van der Waals surface area contributed by atoms with Crippen LogP contribution in [0.5, 0.6) is 5.75 Å². The highest BCUT2D eigenvalue weighted by Crippen LogP contribution is 2.65. The Morgan fingerprint density at radius 2 is 1.59 bits per heavy atom. The zero-order chi connectivity index (χ0) is 23.4. The van der Waals surface area contributed by atoms with Crippen molar-refractivity contribution in [1.29, 1.82) is 0 Å². The molecule has 1 heterocycles. The number of amides is 3. The van der Waals surface area contributed by atoms with Crippen LogP contribution < -0.4 is 10.1 Å². The Balaban J connectivity index is 1.29. The topological polar surface area (TPSA) is 75.7 Å². The zero-order valence-electron chi connectivity index (χ0n) is 19.1. The smallest absolute Gasteiger partial charge is 0.248 e. The Hall–Kier alpha value is -3.41. The zero-order valence-corrected chi connectivity index (χ0v) is 19.1. The third-order valence-electron chi connectivity index (χ3n) is 8.02.